The molecule has 2 rings (SSSR count). The maximum Gasteiger partial charge on any atom is 0.433 e. The van der Waals surface area contributed by atoms with E-state index >= 15 is 0 Å². The van der Waals surface area contributed by atoms with Crippen molar-refractivity contribution in [2.75, 3.05) is 18.0 Å². The van der Waals surface area contributed by atoms with Crippen LogP contribution in [-0.2, 0) is 6.18 Å². The molecule has 1 aromatic rings. The summed E-state index contributed by atoms with van der Waals surface area (Å²) in [5.74, 6) is 0.332. The molecule has 1 aromatic heterocycles. The molecule has 0 radical (unpaired) electrons. The van der Waals surface area contributed by atoms with Gasteiger partial charge in [-0.3, -0.25) is 0 Å². The Bertz CT molecular complexity index is 409. The lowest BCUT2D eigenvalue weighted by Gasteiger charge is -2.22. The zero-order chi connectivity index (χ0) is 13.2. The molecule has 0 bridgehead atoms. The lowest BCUT2D eigenvalue weighted by Crippen LogP contribution is -2.26. The summed E-state index contributed by atoms with van der Waals surface area (Å²) in [5.41, 5.74) is -0.871. The molecule has 18 heavy (non-hydrogen) atoms. The van der Waals surface area contributed by atoms with Crippen molar-refractivity contribution in [3.05, 3.63) is 23.9 Å². The number of halogens is 3. The smallest absolute Gasteiger partial charge is 0.393 e. The Morgan fingerprint density at radius 1 is 1.22 bits per heavy atom. The van der Waals surface area contributed by atoms with Crippen molar-refractivity contribution in [3.63, 3.8) is 0 Å². The summed E-state index contributed by atoms with van der Waals surface area (Å²) in [6, 6.07) is 3.91. The molecule has 100 valence electrons. The Morgan fingerprint density at radius 2 is 2.00 bits per heavy atom. The molecular weight excluding hydrogens is 245 g/mol. The number of aliphatic hydroxyl groups excluding tert-OH is 1. The van der Waals surface area contributed by atoms with Gasteiger partial charge in [-0.2, -0.15) is 13.2 Å². The van der Waals surface area contributed by atoms with E-state index < -0.39 is 11.9 Å². The summed E-state index contributed by atoms with van der Waals surface area (Å²) in [4.78, 5) is 5.45. The fourth-order valence-corrected chi connectivity index (χ4v) is 2.07. The molecule has 1 aliphatic rings. The van der Waals surface area contributed by atoms with Gasteiger partial charge in [0, 0.05) is 13.1 Å². The van der Waals surface area contributed by atoms with E-state index in [1.165, 1.54) is 6.07 Å². The number of nitrogens with zero attached hydrogens (tertiary/aromatic N) is 2. The first kappa shape index (κ1) is 13.1. The Kier molecular flexibility index (Phi) is 3.75. The Morgan fingerprint density at radius 3 is 2.72 bits per heavy atom. The molecule has 1 N–H and O–H groups in total. The summed E-state index contributed by atoms with van der Waals surface area (Å²) in [6.07, 6.45) is -2.76. The third kappa shape index (κ3) is 3.13. The van der Waals surface area contributed by atoms with Crippen molar-refractivity contribution in [3.8, 4) is 0 Å². The van der Waals surface area contributed by atoms with Crippen molar-refractivity contribution in [2.45, 2.75) is 31.5 Å². The largest absolute Gasteiger partial charge is 0.433 e. The van der Waals surface area contributed by atoms with Crippen LogP contribution in [0.2, 0.25) is 0 Å². The number of anilines is 1. The van der Waals surface area contributed by atoms with Crippen LogP contribution in [0.25, 0.3) is 0 Å². The van der Waals surface area contributed by atoms with Gasteiger partial charge in [-0.1, -0.05) is 6.07 Å². The number of hydrogen-bond donors (Lipinski definition) is 1. The number of aliphatic hydroxyl groups is 1. The highest BCUT2D eigenvalue weighted by atomic mass is 19.4. The van der Waals surface area contributed by atoms with Crippen LogP contribution in [0.1, 0.15) is 25.0 Å². The topological polar surface area (TPSA) is 36.4 Å². The first-order valence-electron chi connectivity index (χ1n) is 5.94. The second kappa shape index (κ2) is 5.14. The number of alkyl halides is 3. The Labute approximate surface area is 103 Å². The molecule has 1 atom stereocenters. The van der Waals surface area contributed by atoms with E-state index in [0.717, 1.165) is 12.5 Å². The lowest BCUT2D eigenvalue weighted by atomic mass is 10.2. The van der Waals surface area contributed by atoms with Crippen LogP contribution < -0.4 is 4.90 Å². The molecule has 0 amide bonds. The zero-order valence-electron chi connectivity index (χ0n) is 9.82. The summed E-state index contributed by atoms with van der Waals surface area (Å²) >= 11 is 0. The van der Waals surface area contributed by atoms with Gasteiger partial charge in [0.15, 0.2) is 0 Å². The van der Waals surface area contributed by atoms with E-state index in [1.807, 2.05) is 0 Å². The third-order valence-corrected chi connectivity index (χ3v) is 3.05. The molecule has 1 fully saturated rings. The number of aromatic nitrogens is 1. The maximum absolute atomic E-state index is 12.6. The molecule has 0 aromatic carbocycles. The van der Waals surface area contributed by atoms with Crippen LogP contribution in [0.3, 0.4) is 0 Å². The molecule has 1 saturated heterocycles. The maximum atomic E-state index is 12.6. The number of pyridine rings is 1. The van der Waals surface area contributed by atoms with Gasteiger partial charge in [0.2, 0.25) is 0 Å². The van der Waals surface area contributed by atoms with Gasteiger partial charge in [0.1, 0.15) is 11.5 Å². The van der Waals surface area contributed by atoms with Crippen molar-refractivity contribution >= 4 is 5.82 Å². The van der Waals surface area contributed by atoms with Gasteiger partial charge in [0.05, 0.1) is 6.10 Å². The minimum absolute atomic E-state index is 0.332. The first-order valence-corrected chi connectivity index (χ1v) is 5.94. The van der Waals surface area contributed by atoms with Crippen LogP contribution >= 0.6 is 0 Å². The van der Waals surface area contributed by atoms with Crippen molar-refractivity contribution in [1.29, 1.82) is 0 Å². The fourth-order valence-electron chi connectivity index (χ4n) is 2.07. The van der Waals surface area contributed by atoms with Crippen LogP contribution in [0.4, 0.5) is 19.0 Å². The van der Waals surface area contributed by atoms with E-state index in [-0.39, 0.29) is 6.10 Å². The molecule has 0 spiro atoms. The minimum atomic E-state index is -4.42. The standard InChI is InChI=1S/C12H15F3N2O/c13-12(14,15)10-4-1-5-11(16-10)17-7-2-3-9(18)6-8-17/h1,4-5,9,18H,2-3,6-8H2/t9-/m0/s1. The Hall–Kier alpha value is -1.30. The highest BCUT2D eigenvalue weighted by molar-refractivity contribution is 5.39. The number of rotatable bonds is 1. The molecule has 2 heterocycles. The molecular formula is C12H15F3N2O. The molecule has 0 saturated carbocycles. The second-order valence-electron chi connectivity index (χ2n) is 4.45. The summed E-state index contributed by atoms with van der Waals surface area (Å²) in [6.45, 7) is 1.17. The van der Waals surface area contributed by atoms with E-state index in [2.05, 4.69) is 4.98 Å². The summed E-state index contributed by atoms with van der Waals surface area (Å²) in [7, 11) is 0. The highest BCUT2D eigenvalue weighted by Gasteiger charge is 2.32. The second-order valence-corrected chi connectivity index (χ2v) is 4.45. The molecule has 1 aliphatic heterocycles. The zero-order valence-corrected chi connectivity index (χ0v) is 9.82. The predicted octanol–water partition coefficient (Wildman–Crippen LogP) is 2.45. The average molecular weight is 260 g/mol. The Balaban J connectivity index is 2.17. The van der Waals surface area contributed by atoms with Gasteiger partial charge in [-0.05, 0) is 31.4 Å². The van der Waals surface area contributed by atoms with Crippen molar-refractivity contribution in [2.24, 2.45) is 0 Å². The van der Waals surface area contributed by atoms with Crippen molar-refractivity contribution < 1.29 is 18.3 Å². The van der Waals surface area contributed by atoms with Crippen molar-refractivity contribution in [1.82, 2.24) is 4.98 Å². The van der Waals surface area contributed by atoms with Crippen LogP contribution in [0, 0.1) is 0 Å². The quantitative estimate of drug-likeness (QED) is 0.842. The van der Waals surface area contributed by atoms with Crippen LogP contribution in [0.15, 0.2) is 18.2 Å². The SMILES string of the molecule is O[C@H]1CCCN(c2cccc(C(F)(F)F)n2)CC1. The van der Waals surface area contributed by atoms with E-state index in [1.54, 1.807) is 11.0 Å². The summed E-state index contributed by atoms with van der Waals surface area (Å²) < 4.78 is 37.7. The predicted molar refractivity (Wildman–Crippen MR) is 61.3 cm³/mol. The van der Waals surface area contributed by atoms with Gasteiger partial charge in [0.25, 0.3) is 0 Å². The van der Waals surface area contributed by atoms with Gasteiger partial charge in [-0.15, -0.1) is 0 Å². The van der Waals surface area contributed by atoms with Crippen LogP contribution in [0.5, 0.6) is 0 Å². The molecule has 0 aliphatic carbocycles. The normalized spacial score (nSPS) is 21.8. The fraction of sp³-hybridized carbons (Fsp3) is 0.583. The molecule has 6 heteroatoms. The van der Waals surface area contributed by atoms with Gasteiger partial charge >= 0.3 is 6.18 Å². The number of hydrogen-bond acceptors (Lipinski definition) is 3. The average Bonchev–Trinajstić information content (AvgIpc) is 2.53. The van der Waals surface area contributed by atoms with E-state index in [9.17, 15) is 18.3 Å². The van der Waals surface area contributed by atoms with E-state index in [0.29, 0.717) is 31.7 Å². The third-order valence-electron chi connectivity index (χ3n) is 3.05. The lowest BCUT2D eigenvalue weighted by molar-refractivity contribution is -0.141. The van der Waals surface area contributed by atoms with Crippen LogP contribution in [-0.4, -0.2) is 29.3 Å². The van der Waals surface area contributed by atoms with Gasteiger partial charge < -0.3 is 10.0 Å². The monoisotopic (exact) mass is 260 g/mol. The van der Waals surface area contributed by atoms with E-state index in [4.69, 9.17) is 0 Å². The first-order chi connectivity index (χ1) is 8.47. The summed E-state index contributed by atoms with van der Waals surface area (Å²) in [5, 5.41) is 9.51. The molecule has 0 unspecified atom stereocenters. The van der Waals surface area contributed by atoms with Gasteiger partial charge in [-0.25, -0.2) is 4.98 Å². The minimum Gasteiger partial charge on any atom is -0.393 e. The highest BCUT2D eigenvalue weighted by Crippen LogP contribution is 2.29. The molecule has 3 nitrogen and oxygen atoms in total.